The fraction of sp³-hybridized carbons (Fsp3) is 0.312. The number of hydrogen-bond donors (Lipinski definition) is 0. The highest BCUT2D eigenvalue weighted by molar-refractivity contribution is 6.13. The van der Waals surface area contributed by atoms with Crippen LogP contribution in [0.15, 0.2) is 42.5 Å². The van der Waals surface area contributed by atoms with Gasteiger partial charge in [-0.3, -0.25) is 4.79 Å². The van der Waals surface area contributed by atoms with Crippen LogP contribution in [0.2, 0.25) is 0 Å². The molecule has 1 aliphatic rings. The third kappa shape index (κ3) is 2.23. The first-order valence-corrected chi connectivity index (χ1v) is 6.17. The summed E-state index contributed by atoms with van der Waals surface area (Å²) in [6.45, 7) is 8.52. The van der Waals surface area contributed by atoms with Gasteiger partial charge in [0.05, 0.1) is 0 Å². The second-order valence-corrected chi connectivity index (χ2v) is 4.78. The van der Waals surface area contributed by atoms with Gasteiger partial charge in [-0.25, -0.2) is 0 Å². The van der Waals surface area contributed by atoms with E-state index in [1.807, 2.05) is 24.3 Å². The lowest BCUT2D eigenvalue weighted by atomic mass is 9.83. The summed E-state index contributed by atoms with van der Waals surface area (Å²) < 4.78 is 0. The molecule has 2 rings (SSSR count). The predicted molar refractivity (Wildman–Crippen MR) is 72.0 cm³/mol. The van der Waals surface area contributed by atoms with E-state index in [1.165, 1.54) is 0 Å². The quantitative estimate of drug-likeness (QED) is 0.752. The Bertz CT molecular complexity index is 494. The van der Waals surface area contributed by atoms with E-state index in [2.05, 4.69) is 20.4 Å². The highest BCUT2D eigenvalue weighted by Gasteiger charge is 2.21. The summed E-state index contributed by atoms with van der Waals surface area (Å²) in [5, 5.41) is 0. The lowest BCUT2D eigenvalue weighted by Gasteiger charge is -2.20. The summed E-state index contributed by atoms with van der Waals surface area (Å²) in [6, 6.07) is 7.72. The van der Waals surface area contributed by atoms with Gasteiger partial charge >= 0.3 is 0 Å². The van der Waals surface area contributed by atoms with Crippen molar-refractivity contribution in [3.63, 3.8) is 0 Å². The summed E-state index contributed by atoms with van der Waals surface area (Å²) in [5.41, 5.74) is 3.90. The molecule has 0 unspecified atom stereocenters. The topological polar surface area (TPSA) is 17.1 Å². The number of benzene rings is 1. The minimum absolute atomic E-state index is 0.117. The Balaban J connectivity index is 2.35. The number of ketones is 1. The number of hydrogen-bond acceptors (Lipinski definition) is 1. The van der Waals surface area contributed by atoms with E-state index in [-0.39, 0.29) is 5.78 Å². The number of carbonyl (C=O) groups is 1. The Kier molecular flexibility index (Phi) is 3.28. The largest absolute Gasteiger partial charge is 0.289 e. The van der Waals surface area contributed by atoms with Crippen LogP contribution in [-0.2, 0) is 0 Å². The molecule has 0 aliphatic heterocycles. The molecular weight excluding hydrogens is 208 g/mol. The zero-order valence-electron chi connectivity index (χ0n) is 10.5. The molecule has 0 N–H and O–H groups in total. The summed E-state index contributed by atoms with van der Waals surface area (Å²) in [5.74, 6) is 0.711. The van der Waals surface area contributed by atoms with Gasteiger partial charge < -0.3 is 0 Å². The van der Waals surface area contributed by atoms with Crippen molar-refractivity contribution in [2.24, 2.45) is 5.92 Å². The van der Waals surface area contributed by atoms with E-state index in [0.717, 1.165) is 35.1 Å². The number of rotatable bonds is 3. The predicted octanol–water partition coefficient (Wildman–Crippen LogP) is 4.26. The van der Waals surface area contributed by atoms with Crippen LogP contribution in [0.5, 0.6) is 0 Å². The molecule has 1 aromatic rings. The van der Waals surface area contributed by atoms with Crippen molar-refractivity contribution in [3.05, 3.63) is 53.6 Å². The van der Waals surface area contributed by atoms with Crippen molar-refractivity contribution in [3.8, 4) is 0 Å². The average Bonchev–Trinajstić information content (AvgIpc) is 2.35. The molecule has 0 fully saturated rings. The van der Waals surface area contributed by atoms with Crippen LogP contribution in [0.25, 0.3) is 5.57 Å². The highest BCUT2D eigenvalue weighted by atomic mass is 16.1. The van der Waals surface area contributed by atoms with Gasteiger partial charge in [0.2, 0.25) is 0 Å². The fourth-order valence-corrected chi connectivity index (χ4v) is 2.16. The second-order valence-electron chi connectivity index (χ2n) is 4.78. The van der Waals surface area contributed by atoms with Gasteiger partial charge in [-0.2, -0.15) is 0 Å². The van der Waals surface area contributed by atoms with Crippen molar-refractivity contribution in [1.29, 1.82) is 0 Å². The van der Waals surface area contributed by atoms with E-state index in [9.17, 15) is 4.79 Å². The first kappa shape index (κ1) is 11.8. The molecule has 1 aromatic carbocycles. The van der Waals surface area contributed by atoms with Crippen LogP contribution in [0.4, 0.5) is 0 Å². The van der Waals surface area contributed by atoms with E-state index in [1.54, 1.807) is 6.08 Å². The zero-order valence-corrected chi connectivity index (χ0v) is 10.5. The molecule has 0 bridgehead atoms. The molecule has 1 nitrogen and oxygen atoms in total. The van der Waals surface area contributed by atoms with E-state index >= 15 is 0 Å². The van der Waals surface area contributed by atoms with E-state index < -0.39 is 0 Å². The smallest absolute Gasteiger partial charge is 0.186 e. The number of carbonyl (C=O) groups excluding carboxylic acids is 1. The highest BCUT2D eigenvalue weighted by Crippen LogP contribution is 2.33. The summed E-state index contributed by atoms with van der Waals surface area (Å²) in [7, 11) is 0. The molecule has 17 heavy (non-hydrogen) atoms. The van der Waals surface area contributed by atoms with E-state index in [4.69, 9.17) is 0 Å². The maximum Gasteiger partial charge on any atom is 0.186 e. The van der Waals surface area contributed by atoms with Crippen molar-refractivity contribution >= 4 is 11.4 Å². The molecule has 0 aromatic heterocycles. The third-order valence-corrected chi connectivity index (χ3v) is 3.48. The Morgan fingerprint density at radius 2 is 1.88 bits per heavy atom. The number of fused-ring (bicyclic) bond motifs is 1. The molecule has 0 spiro atoms. The second kappa shape index (κ2) is 4.70. The van der Waals surface area contributed by atoms with E-state index in [0.29, 0.717) is 5.92 Å². The lowest BCUT2D eigenvalue weighted by Crippen LogP contribution is -2.10. The monoisotopic (exact) mass is 226 g/mol. The number of allylic oxidation sites excluding steroid dienone is 3. The minimum Gasteiger partial charge on any atom is -0.289 e. The normalized spacial score (nSPS) is 16.5. The third-order valence-electron chi connectivity index (χ3n) is 3.48. The van der Waals surface area contributed by atoms with Gasteiger partial charge in [0.15, 0.2) is 5.78 Å². The van der Waals surface area contributed by atoms with Crippen molar-refractivity contribution < 1.29 is 4.79 Å². The maximum atomic E-state index is 12.0. The maximum absolute atomic E-state index is 12.0. The molecule has 0 amide bonds. The summed E-state index contributed by atoms with van der Waals surface area (Å²) >= 11 is 0. The van der Waals surface area contributed by atoms with Crippen LogP contribution >= 0.6 is 0 Å². The van der Waals surface area contributed by atoms with Gasteiger partial charge in [-0.1, -0.05) is 51.1 Å². The molecular formula is C16H18O. The molecule has 0 saturated heterocycles. The molecule has 1 atom stereocenters. The summed E-state index contributed by atoms with van der Waals surface area (Å²) in [4.78, 5) is 12.0. The average molecular weight is 226 g/mol. The van der Waals surface area contributed by atoms with Crippen molar-refractivity contribution in [1.82, 2.24) is 0 Å². The van der Waals surface area contributed by atoms with Gasteiger partial charge in [-0.05, 0) is 35.1 Å². The first-order valence-electron chi connectivity index (χ1n) is 6.17. The van der Waals surface area contributed by atoms with Gasteiger partial charge in [0.1, 0.15) is 0 Å². The Labute approximate surface area is 103 Å². The zero-order chi connectivity index (χ0) is 12.4. The molecule has 1 heteroatoms. The van der Waals surface area contributed by atoms with Gasteiger partial charge in [0, 0.05) is 5.56 Å². The van der Waals surface area contributed by atoms with Crippen molar-refractivity contribution in [2.45, 2.75) is 26.7 Å². The molecule has 88 valence electrons. The van der Waals surface area contributed by atoms with Crippen LogP contribution in [0.1, 0.15) is 42.6 Å². The SMILES string of the molecule is C=C1C(C[C@@H](C)CC)=CC(=O)c2ccccc21. The van der Waals surface area contributed by atoms with Crippen LogP contribution in [0.3, 0.4) is 0 Å². The van der Waals surface area contributed by atoms with Crippen LogP contribution in [0, 0.1) is 5.92 Å². The van der Waals surface area contributed by atoms with Crippen LogP contribution < -0.4 is 0 Å². The Hall–Kier alpha value is -1.63. The standard InChI is InChI=1S/C16H18O/c1-4-11(2)9-13-10-16(17)15-8-6-5-7-14(15)12(13)3/h5-8,10-11H,3-4,9H2,1-2H3/t11-/m0/s1. The van der Waals surface area contributed by atoms with Crippen molar-refractivity contribution in [2.75, 3.05) is 0 Å². The lowest BCUT2D eigenvalue weighted by molar-refractivity contribution is 0.104. The Morgan fingerprint density at radius 3 is 2.53 bits per heavy atom. The molecule has 1 aliphatic carbocycles. The fourth-order valence-electron chi connectivity index (χ4n) is 2.16. The van der Waals surface area contributed by atoms with Gasteiger partial charge in [0.25, 0.3) is 0 Å². The first-order chi connectivity index (χ1) is 8.13. The van der Waals surface area contributed by atoms with Crippen LogP contribution in [-0.4, -0.2) is 5.78 Å². The Morgan fingerprint density at radius 1 is 1.24 bits per heavy atom. The van der Waals surface area contributed by atoms with Gasteiger partial charge in [-0.15, -0.1) is 0 Å². The molecule has 0 heterocycles. The molecule has 0 saturated carbocycles. The molecule has 0 radical (unpaired) electrons. The minimum atomic E-state index is 0.117. The summed E-state index contributed by atoms with van der Waals surface area (Å²) in [6.07, 6.45) is 3.83.